The quantitative estimate of drug-likeness (QED) is 0.663. The SMILES string of the molecule is CCCn1nc(C)c(NC(=O)C(C)n2cc(C(C)=O)c3ccccc32)c1C. The van der Waals surface area contributed by atoms with Crippen LogP contribution >= 0.6 is 0 Å². The Morgan fingerprint density at radius 3 is 2.59 bits per heavy atom. The van der Waals surface area contributed by atoms with Gasteiger partial charge in [-0.05, 0) is 40.2 Å². The van der Waals surface area contributed by atoms with E-state index in [9.17, 15) is 9.59 Å². The number of para-hydroxylation sites is 1. The molecule has 142 valence electrons. The van der Waals surface area contributed by atoms with E-state index in [0.29, 0.717) is 5.56 Å². The van der Waals surface area contributed by atoms with Crippen LogP contribution in [0.15, 0.2) is 30.5 Å². The molecule has 27 heavy (non-hydrogen) atoms. The highest BCUT2D eigenvalue weighted by atomic mass is 16.2. The van der Waals surface area contributed by atoms with E-state index in [0.717, 1.165) is 40.9 Å². The number of aromatic nitrogens is 3. The van der Waals surface area contributed by atoms with Crippen molar-refractivity contribution in [2.24, 2.45) is 0 Å². The van der Waals surface area contributed by atoms with E-state index in [4.69, 9.17) is 0 Å². The van der Waals surface area contributed by atoms with Crippen LogP contribution in [-0.2, 0) is 11.3 Å². The number of hydrogen-bond acceptors (Lipinski definition) is 3. The number of ketones is 1. The lowest BCUT2D eigenvalue weighted by Crippen LogP contribution is -2.23. The maximum Gasteiger partial charge on any atom is 0.247 e. The van der Waals surface area contributed by atoms with Gasteiger partial charge in [0.15, 0.2) is 5.78 Å². The average Bonchev–Trinajstić information content (AvgIpc) is 3.15. The molecule has 0 fully saturated rings. The van der Waals surface area contributed by atoms with Gasteiger partial charge in [0.25, 0.3) is 0 Å². The molecule has 2 aromatic heterocycles. The largest absolute Gasteiger partial charge is 0.335 e. The van der Waals surface area contributed by atoms with E-state index >= 15 is 0 Å². The van der Waals surface area contributed by atoms with Gasteiger partial charge < -0.3 is 9.88 Å². The van der Waals surface area contributed by atoms with Crippen LogP contribution in [0.4, 0.5) is 5.69 Å². The lowest BCUT2D eigenvalue weighted by atomic mass is 10.1. The normalized spacial score (nSPS) is 12.3. The molecule has 3 aromatic rings. The molecule has 6 nitrogen and oxygen atoms in total. The number of aryl methyl sites for hydroxylation is 2. The number of carbonyl (C=O) groups excluding carboxylic acids is 2. The molecule has 1 N–H and O–H groups in total. The molecule has 1 amide bonds. The van der Waals surface area contributed by atoms with Crippen molar-refractivity contribution in [1.82, 2.24) is 14.3 Å². The van der Waals surface area contributed by atoms with Crippen molar-refractivity contribution < 1.29 is 9.59 Å². The highest BCUT2D eigenvalue weighted by Gasteiger charge is 2.22. The minimum absolute atomic E-state index is 0.00918. The maximum atomic E-state index is 13.0. The Morgan fingerprint density at radius 1 is 1.22 bits per heavy atom. The van der Waals surface area contributed by atoms with Gasteiger partial charge in [-0.25, -0.2) is 0 Å². The van der Waals surface area contributed by atoms with Gasteiger partial charge in [-0.15, -0.1) is 0 Å². The first-order valence-corrected chi connectivity index (χ1v) is 9.30. The summed E-state index contributed by atoms with van der Waals surface area (Å²) < 4.78 is 3.79. The molecule has 3 rings (SSSR count). The second-order valence-corrected chi connectivity index (χ2v) is 6.96. The second-order valence-electron chi connectivity index (χ2n) is 6.96. The molecule has 0 aliphatic rings. The van der Waals surface area contributed by atoms with E-state index < -0.39 is 6.04 Å². The van der Waals surface area contributed by atoms with Gasteiger partial charge in [-0.3, -0.25) is 14.3 Å². The fourth-order valence-corrected chi connectivity index (χ4v) is 3.47. The number of carbonyl (C=O) groups is 2. The highest BCUT2D eigenvalue weighted by molar-refractivity contribution is 6.07. The zero-order chi connectivity index (χ0) is 19.7. The predicted molar refractivity (Wildman–Crippen MR) is 107 cm³/mol. The Balaban J connectivity index is 1.93. The molecule has 2 heterocycles. The number of Topliss-reactive ketones (excluding diaryl/α,β-unsaturated/α-hetero) is 1. The summed E-state index contributed by atoms with van der Waals surface area (Å²) in [5.74, 6) is -0.141. The first-order chi connectivity index (χ1) is 12.8. The van der Waals surface area contributed by atoms with Gasteiger partial charge in [0.1, 0.15) is 6.04 Å². The minimum atomic E-state index is -0.462. The fraction of sp³-hybridized carbons (Fsp3) is 0.381. The van der Waals surface area contributed by atoms with Gasteiger partial charge in [0.2, 0.25) is 5.91 Å². The van der Waals surface area contributed by atoms with Crippen LogP contribution in [0.5, 0.6) is 0 Å². The Hall–Kier alpha value is -2.89. The van der Waals surface area contributed by atoms with Crippen molar-refractivity contribution in [2.75, 3.05) is 5.32 Å². The third-order valence-electron chi connectivity index (χ3n) is 4.98. The van der Waals surface area contributed by atoms with E-state index in [2.05, 4.69) is 17.3 Å². The Labute approximate surface area is 159 Å². The number of nitrogens with zero attached hydrogens (tertiary/aromatic N) is 3. The molecule has 0 saturated heterocycles. The van der Waals surface area contributed by atoms with Crippen LogP contribution in [0.1, 0.15) is 55.0 Å². The number of hydrogen-bond donors (Lipinski definition) is 1. The Bertz CT molecular complexity index is 1010. The van der Waals surface area contributed by atoms with E-state index in [-0.39, 0.29) is 11.7 Å². The third-order valence-corrected chi connectivity index (χ3v) is 4.98. The minimum Gasteiger partial charge on any atom is -0.335 e. The van der Waals surface area contributed by atoms with Crippen LogP contribution in [0.2, 0.25) is 0 Å². The average molecular weight is 366 g/mol. The highest BCUT2D eigenvalue weighted by Crippen LogP contribution is 2.27. The Kier molecular flexibility index (Phi) is 5.17. The zero-order valence-corrected chi connectivity index (χ0v) is 16.5. The third kappa shape index (κ3) is 3.39. The molecule has 0 radical (unpaired) electrons. The smallest absolute Gasteiger partial charge is 0.247 e. The fourth-order valence-electron chi connectivity index (χ4n) is 3.47. The molecule has 0 aliphatic carbocycles. The molecule has 0 saturated carbocycles. The predicted octanol–water partition coefficient (Wildman–Crippen LogP) is 4.27. The van der Waals surface area contributed by atoms with Gasteiger partial charge in [-0.1, -0.05) is 25.1 Å². The number of rotatable bonds is 6. The summed E-state index contributed by atoms with van der Waals surface area (Å²) in [5.41, 5.74) is 4.04. The lowest BCUT2D eigenvalue weighted by molar-refractivity contribution is -0.118. The van der Waals surface area contributed by atoms with E-state index in [1.54, 1.807) is 13.1 Å². The molecule has 0 spiro atoms. The topological polar surface area (TPSA) is 68.9 Å². The van der Waals surface area contributed by atoms with Gasteiger partial charge in [-0.2, -0.15) is 5.10 Å². The number of benzene rings is 1. The number of fused-ring (bicyclic) bond motifs is 1. The van der Waals surface area contributed by atoms with Crippen LogP contribution in [0.3, 0.4) is 0 Å². The van der Waals surface area contributed by atoms with Crippen LogP contribution in [0.25, 0.3) is 10.9 Å². The molecule has 1 unspecified atom stereocenters. The lowest BCUT2D eigenvalue weighted by Gasteiger charge is -2.15. The summed E-state index contributed by atoms with van der Waals surface area (Å²) >= 11 is 0. The zero-order valence-electron chi connectivity index (χ0n) is 16.5. The monoisotopic (exact) mass is 366 g/mol. The number of amides is 1. The van der Waals surface area contributed by atoms with E-state index in [1.165, 1.54) is 0 Å². The van der Waals surface area contributed by atoms with E-state index in [1.807, 2.05) is 54.3 Å². The van der Waals surface area contributed by atoms with Crippen LogP contribution in [-0.4, -0.2) is 26.0 Å². The van der Waals surface area contributed by atoms with Crippen molar-refractivity contribution in [3.8, 4) is 0 Å². The standard InChI is InChI=1S/C21H26N4O2/c1-6-11-25-14(3)20(13(2)23-25)22-21(27)15(4)24-12-18(16(5)26)17-9-7-8-10-19(17)24/h7-10,12,15H,6,11H2,1-5H3,(H,22,27). The molecule has 0 aliphatic heterocycles. The molecular formula is C21H26N4O2. The van der Waals surface area contributed by atoms with Crippen molar-refractivity contribution in [3.05, 3.63) is 47.4 Å². The summed E-state index contributed by atoms with van der Waals surface area (Å²) in [6.07, 6.45) is 2.76. The summed E-state index contributed by atoms with van der Waals surface area (Å²) in [6.45, 7) is 10.2. The molecule has 1 atom stereocenters. The van der Waals surface area contributed by atoms with Crippen molar-refractivity contribution in [1.29, 1.82) is 0 Å². The first-order valence-electron chi connectivity index (χ1n) is 9.30. The molecule has 1 aromatic carbocycles. The number of nitrogens with one attached hydrogen (secondary N) is 1. The molecular weight excluding hydrogens is 340 g/mol. The Morgan fingerprint density at radius 2 is 1.93 bits per heavy atom. The van der Waals surface area contributed by atoms with Gasteiger partial charge in [0, 0.05) is 29.2 Å². The van der Waals surface area contributed by atoms with Gasteiger partial charge in [0.05, 0.1) is 17.1 Å². The summed E-state index contributed by atoms with van der Waals surface area (Å²) in [7, 11) is 0. The van der Waals surface area contributed by atoms with Crippen molar-refractivity contribution >= 4 is 28.3 Å². The van der Waals surface area contributed by atoms with Crippen LogP contribution < -0.4 is 5.32 Å². The molecule has 6 heteroatoms. The maximum absolute atomic E-state index is 13.0. The number of anilines is 1. The van der Waals surface area contributed by atoms with Crippen LogP contribution in [0, 0.1) is 13.8 Å². The first kappa shape index (κ1) is 18.9. The summed E-state index contributed by atoms with van der Waals surface area (Å²) in [6, 6.07) is 7.20. The second kappa shape index (κ2) is 7.39. The molecule has 0 bridgehead atoms. The van der Waals surface area contributed by atoms with Crippen molar-refractivity contribution in [3.63, 3.8) is 0 Å². The van der Waals surface area contributed by atoms with Crippen molar-refractivity contribution in [2.45, 2.75) is 53.6 Å². The summed E-state index contributed by atoms with van der Waals surface area (Å²) in [4.78, 5) is 24.9. The van der Waals surface area contributed by atoms with Gasteiger partial charge >= 0.3 is 0 Å². The summed E-state index contributed by atoms with van der Waals surface area (Å²) in [5, 5.41) is 8.41.